The maximum Gasteiger partial charge on any atom is 0.355 e. The number of aryl methyl sites for hydroxylation is 2. The molecule has 4 aromatic rings. The number of carbonyl (C=O) groups is 2. The van der Waals surface area contributed by atoms with Gasteiger partial charge in [0.15, 0.2) is 0 Å². The van der Waals surface area contributed by atoms with Gasteiger partial charge in [-0.1, -0.05) is 11.6 Å². The van der Waals surface area contributed by atoms with Crippen molar-refractivity contribution in [3.05, 3.63) is 82.4 Å². The lowest BCUT2D eigenvalue weighted by molar-refractivity contribution is -0.134. The van der Waals surface area contributed by atoms with Crippen molar-refractivity contribution in [2.75, 3.05) is 17.5 Å². The highest BCUT2D eigenvalue weighted by Crippen LogP contribution is 2.36. The van der Waals surface area contributed by atoms with E-state index in [1.165, 1.54) is 4.31 Å². The molecule has 0 N–H and O–H groups in total. The molecule has 2 aromatic carbocycles. The van der Waals surface area contributed by atoms with Gasteiger partial charge in [0.1, 0.15) is 11.5 Å². The average molecular weight is 612 g/mol. The predicted molar refractivity (Wildman–Crippen MR) is 161 cm³/mol. The first-order valence-electron chi connectivity index (χ1n) is 13.9. The van der Waals surface area contributed by atoms with Gasteiger partial charge in [0.2, 0.25) is 5.91 Å². The molecule has 1 fully saturated rings. The van der Waals surface area contributed by atoms with Crippen LogP contribution in [0.15, 0.2) is 64.1 Å². The molecule has 0 radical (unpaired) electrons. The Morgan fingerprint density at radius 1 is 1.10 bits per heavy atom. The first-order valence-corrected chi connectivity index (χ1v) is 15.8. The molecule has 1 amide bonds. The van der Waals surface area contributed by atoms with Gasteiger partial charge in [-0.15, -0.1) is 0 Å². The number of carbonyl (C=O) groups excluding carboxylic acids is 2. The minimum Gasteiger partial charge on any atom is -0.467 e. The zero-order valence-electron chi connectivity index (χ0n) is 24.1. The third-order valence-corrected chi connectivity index (χ3v) is 9.72. The zero-order chi connectivity index (χ0) is 30.2. The molecular formula is C31H34ClN3O6S. The SMILES string of the molecule is CCOC(=O)c1c(C)c2cc(S(=O)(=O)N(CC)c3ccc(Cl)cc3CN(Cc3ccco3)C(=O)C3CC3)ccc2n1C. The Balaban J connectivity index is 1.54. The quantitative estimate of drug-likeness (QED) is 0.191. The molecule has 1 aliphatic rings. The third-order valence-electron chi connectivity index (χ3n) is 7.60. The van der Waals surface area contributed by atoms with Crippen LogP contribution in [-0.4, -0.2) is 42.9 Å². The Morgan fingerprint density at radius 2 is 1.86 bits per heavy atom. The van der Waals surface area contributed by atoms with Gasteiger partial charge >= 0.3 is 5.97 Å². The fourth-order valence-corrected chi connectivity index (χ4v) is 7.11. The summed E-state index contributed by atoms with van der Waals surface area (Å²) in [5.74, 6) is 0.153. The van der Waals surface area contributed by atoms with Gasteiger partial charge in [-0.25, -0.2) is 13.2 Å². The largest absolute Gasteiger partial charge is 0.467 e. The van der Waals surface area contributed by atoms with E-state index in [1.54, 1.807) is 86.0 Å². The molecule has 0 atom stereocenters. The predicted octanol–water partition coefficient (Wildman–Crippen LogP) is 6.06. The van der Waals surface area contributed by atoms with Crippen LogP contribution in [0.3, 0.4) is 0 Å². The highest BCUT2D eigenvalue weighted by molar-refractivity contribution is 7.92. The Kier molecular flexibility index (Phi) is 8.39. The Morgan fingerprint density at radius 3 is 2.50 bits per heavy atom. The maximum atomic E-state index is 14.2. The van der Waals surface area contributed by atoms with Crippen molar-refractivity contribution < 1.29 is 27.2 Å². The molecular weight excluding hydrogens is 578 g/mol. The van der Waals surface area contributed by atoms with Gasteiger partial charge in [0.05, 0.1) is 30.0 Å². The van der Waals surface area contributed by atoms with Gasteiger partial charge in [0, 0.05) is 42.0 Å². The molecule has 9 nitrogen and oxygen atoms in total. The van der Waals surface area contributed by atoms with Crippen molar-refractivity contribution in [2.24, 2.45) is 13.0 Å². The smallest absolute Gasteiger partial charge is 0.355 e. The average Bonchev–Trinajstić information content (AvgIpc) is 3.62. The number of anilines is 1. The Hall–Kier alpha value is -3.76. The fourth-order valence-electron chi connectivity index (χ4n) is 5.38. The van der Waals surface area contributed by atoms with Crippen molar-refractivity contribution in [3.63, 3.8) is 0 Å². The van der Waals surface area contributed by atoms with E-state index < -0.39 is 16.0 Å². The second-order valence-corrected chi connectivity index (χ2v) is 12.7. The van der Waals surface area contributed by atoms with Crippen LogP contribution in [0.25, 0.3) is 10.9 Å². The normalized spacial score (nSPS) is 13.4. The highest BCUT2D eigenvalue weighted by atomic mass is 35.5. The third kappa shape index (κ3) is 5.65. The second-order valence-electron chi connectivity index (χ2n) is 10.4. The summed E-state index contributed by atoms with van der Waals surface area (Å²) in [6.45, 7) is 6.09. The molecule has 1 saturated carbocycles. The Labute approximate surface area is 250 Å². The zero-order valence-corrected chi connectivity index (χ0v) is 25.7. The molecule has 0 aliphatic heterocycles. The molecule has 11 heteroatoms. The highest BCUT2D eigenvalue weighted by Gasteiger charge is 2.35. The summed E-state index contributed by atoms with van der Waals surface area (Å²) in [6.07, 6.45) is 3.24. The summed E-state index contributed by atoms with van der Waals surface area (Å²) in [4.78, 5) is 27.6. The number of furan rings is 1. The van der Waals surface area contributed by atoms with Crippen molar-refractivity contribution in [1.29, 1.82) is 0 Å². The number of benzene rings is 2. The molecule has 1 aliphatic carbocycles. The number of rotatable bonds is 11. The number of hydrogen-bond donors (Lipinski definition) is 0. The molecule has 2 aromatic heterocycles. The van der Waals surface area contributed by atoms with E-state index in [0.717, 1.165) is 18.4 Å². The summed E-state index contributed by atoms with van der Waals surface area (Å²) in [6, 6.07) is 13.5. The van der Waals surface area contributed by atoms with E-state index in [1.807, 2.05) is 6.07 Å². The molecule has 0 spiro atoms. The van der Waals surface area contributed by atoms with Crippen LogP contribution in [0.5, 0.6) is 0 Å². The van der Waals surface area contributed by atoms with Gasteiger partial charge in [-0.05, 0) is 93.3 Å². The van der Waals surface area contributed by atoms with Crippen molar-refractivity contribution in [2.45, 2.75) is 51.6 Å². The summed E-state index contributed by atoms with van der Waals surface area (Å²) in [5.41, 5.74) is 2.79. The van der Waals surface area contributed by atoms with Crippen LogP contribution in [0.1, 0.15) is 54.1 Å². The van der Waals surface area contributed by atoms with Crippen LogP contribution in [0, 0.1) is 12.8 Å². The molecule has 2 heterocycles. The molecule has 42 heavy (non-hydrogen) atoms. The molecule has 0 saturated heterocycles. The molecule has 222 valence electrons. The number of sulfonamides is 1. The van der Waals surface area contributed by atoms with Crippen LogP contribution < -0.4 is 4.31 Å². The van der Waals surface area contributed by atoms with Crippen LogP contribution in [0.2, 0.25) is 5.02 Å². The molecule has 5 rings (SSSR count). The summed E-state index contributed by atoms with van der Waals surface area (Å²) < 4.78 is 42.1. The number of nitrogens with zero attached hydrogens (tertiary/aromatic N) is 3. The standard InChI is InChI=1S/C31H34ClN3O6S/c1-5-35(42(38,39)25-12-14-28-26(17-25)20(3)29(33(28)4)31(37)40-6-2)27-13-11-23(32)16-22(27)18-34(30(36)21-9-10-21)19-24-8-7-15-41-24/h7-8,11-17,21H,5-6,9-10,18-19H2,1-4H3. The maximum absolute atomic E-state index is 14.2. The van der Waals surface area contributed by atoms with Crippen LogP contribution in [0.4, 0.5) is 5.69 Å². The second kappa shape index (κ2) is 11.9. The lowest BCUT2D eigenvalue weighted by Crippen LogP contribution is -2.34. The van der Waals surface area contributed by atoms with Crippen molar-refractivity contribution >= 4 is 50.1 Å². The van der Waals surface area contributed by atoms with E-state index in [0.29, 0.717) is 38.7 Å². The number of hydrogen-bond acceptors (Lipinski definition) is 6. The first-order chi connectivity index (χ1) is 20.1. The monoisotopic (exact) mass is 611 g/mol. The minimum atomic E-state index is -4.05. The lowest BCUT2D eigenvalue weighted by Gasteiger charge is -2.28. The topological polar surface area (TPSA) is 102 Å². The number of fused-ring (bicyclic) bond motifs is 1. The van der Waals surface area contributed by atoms with Gasteiger partial charge in [-0.2, -0.15) is 0 Å². The summed E-state index contributed by atoms with van der Waals surface area (Å²) in [5, 5.41) is 1.08. The van der Waals surface area contributed by atoms with E-state index >= 15 is 0 Å². The van der Waals surface area contributed by atoms with E-state index in [-0.39, 0.29) is 43.0 Å². The first kappa shape index (κ1) is 29.7. The Bertz CT molecular complexity index is 1740. The van der Waals surface area contributed by atoms with Gasteiger partial charge in [-0.3, -0.25) is 9.10 Å². The van der Waals surface area contributed by atoms with Gasteiger partial charge < -0.3 is 18.6 Å². The van der Waals surface area contributed by atoms with E-state index in [4.69, 9.17) is 20.8 Å². The van der Waals surface area contributed by atoms with Gasteiger partial charge in [0.25, 0.3) is 10.0 Å². The number of amides is 1. The molecule has 0 bridgehead atoms. The van der Waals surface area contributed by atoms with Crippen molar-refractivity contribution in [1.82, 2.24) is 9.47 Å². The lowest BCUT2D eigenvalue weighted by atomic mass is 10.1. The van der Waals surface area contributed by atoms with Crippen molar-refractivity contribution in [3.8, 4) is 0 Å². The minimum absolute atomic E-state index is 0.00522. The van der Waals surface area contributed by atoms with Crippen LogP contribution in [-0.2, 0) is 39.7 Å². The number of ether oxygens (including phenoxy) is 1. The van der Waals surface area contributed by atoms with Crippen LogP contribution >= 0.6 is 11.6 Å². The molecule has 0 unspecified atom stereocenters. The number of aromatic nitrogens is 1. The summed E-state index contributed by atoms with van der Waals surface area (Å²) in [7, 11) is -2.29. The number of halogens is 1. The van der Waals surface area contributed by atoms with E-state index in [9.17, 15) is 18.0 Å². The van der Waals surface area contributed by atoms with E-state index in [2.05, 4.69) is 0 Å². The fraction of sp³-hybridized carbons (Fsp3) is 0.355. The number of esters is 1. The summed E-state index contributed by atoms with van der Waals surface area (Å²) >= 11 is 6.39.